The molecule has 0 bridgehead atoms. The molecule has 1 unspecified atom stereocenters. The van der Waals surface area contributed by atoms with Crippen molar-refractivity contribution in [2.45, 2.75) is 34.1 Å². The lowest BCUT2D eigenvalue weighted by Gasteiger charge is -2.27. The van der Waals surface area contributed by atoms with Crippen molar-refractivity contribution in [3.63, 3.8) is 0 Å². The van der Waals surface area contributed by atoms with E-state index in [0.29, 0.717) is 11.7 Å². The van der Waals surface area contributed by atoms with Crippen molar-refractivity contribution in [2.24, 2.45) is 11.3 Å². The van der Waals surface area contributed by atoms with E-state index in [1.54, 1.807) is 0 Å². The van der Waals surface area contributed by atoms with Gasteiger partial charge in [-0.25, -0.2) is 0 Å². The minimum atomic E-state index is 0.258. The van der Waals surface area contributed by atoms with Crippen LogP contribution in [0.15, 0.2) is 28.7 Å². The molecule has 0 aliphatic rings. The number of hydrogen-bond acceptors (Lipinski definition) is 2. The van der Waals surface area contributed by atoms with Gasteiger partial charge >= 0.3 is 0 Å². The van der Waals surface area contributed by atoms with Gasteiger partial charge in [-0.3, -0.25) is 5.10 Å². The summed E-state index contributed by atoms with van der Waals surface area (Å²) in [4.78, 5) is 0. The highest BCUT2D eigenvalue weighted by Crippen LogP contribution is 2.34. The highest BCUT2D eigenvalue weighted by Gasteiger charge is 2.23. The minimum Gasteiger partial charge on any atom is -0.382 e. The first-order valence-electron chi connectivity index (χ1n) is 6.87. The maximum absolute atomic E-state index is 6.05. The molecule has 3 nitrogen and oxygen atoms in total. The van der Waals surface area contributed by atoms with Crippen LogP contribution in [-0.2, 0) is 6.42 Å². The zero-order valence-corrected chi connectivity index (χ0v) is 14.1. The Hall–Kier alpha value is -1.29. The molecule has 0 amide bonds. The summed E-state index contributed by atoms with van der Waals surface area (Å²) in [7, 11) is 0. The lowest BCUT2D eigenvalue weighted by atomic mass is 9.79. The van der Waals surface area contributed by atoms with Crippen molar-refractivity contribution >= 4 is 21.7 Å². The molecule has 0 radical (unpaired) electrons. The summed E-state index contributed by atoms with van der Waals surface area (Å²) >= 11 is 3.51. The number of rotatable bonds is 3. The lowest BCUT2D eigenvalue weighted by molar-refractivity contribution is 0.258. The van der Waals surface area contributed by atoms with Crippen LogP contribution in [0.5, 0.6) is 0 Å². The number of nitrogens with zero attached hydrogens (tertiary/aromatic N) is 1. The average molecular weight is 336 g/mol. The Morgan fingerprint density at radius 3 is 2.65 bits per heavy atom. The van der Waals surface area contributed by atoms with Gasteiger partial charge in [0.15, 0.2) is 5.82 Å². The van der Waals surface area contributed by atoms with E-state index < -0.39 is 0 Å². The average Bonchev–Trinajstić information content (AvgIpc) is 2.69. The highest BCUT2D eigenvalue weighted by molar-refractivity contribution is 9.10. The van der Waals surface area contributed by atoms with Crippen LogP contribution in [-0.4, -0.2) is 10.2 Å². The molecule has 2 rings (SSSR count). The lowest BCUT2D eigenvalue weighted by Crippen LogP contribution is -2.19. The van der Waals surface area contributed by atoms with Crippen molar-refractivity contribution < 1.29 is 0 Å². The normalized spacial score (nSPS) is 13.4. The van der Waals surface area contributed by atoms with E-state index in [9.17, 15) is 0 Å². The fraction of sp³-hybridized carbons (Fsp3) is 0.438. The van der Waals surface area contributed by atoms with Gasteiger partial charge < -0.3 is 5.73 Å². The first kappa shape index (κ1) is 15.1. The molecule has 0 fully saturated rings. The smallest absolute Gasteiger partial charge is 0.153 e. The van der Waals surface area contributed by atoms with Crippen LogP contribution in [0.4, 0.5) is 5.82 Å². The van der Waals surface area contributed by atoms with E-state index in [1.807, 2.05) is 12.1 Å². The van der Waals surface area contributed by atoms with Crippen molar-refractivity contribution in [1.82, 2.24) is 10.2 Å². The zero-order valence-electron chi connectivity index (χ0n) is 12.5. The Morgan fingerprint density at radius 1 is 1.35 bits per heavy atom. The summed E-state index contributed by atoms with van der Waals surface area (Å²) in [6.45, 7) is 9.05. The maximum atomic E-state index is 6.05. The van der Waals surface area contributed by atoms with Gasteiger partial charge in [0.05, 0.1) is 0 Å². The number of nitrogen functional groups attached to an aromatic ring is 1. The predicted octanol–water partition coefficient (Wildman–Crippen LogP) is 4.65. The Balaban J connectivity index is 2.38. The summed E-state index contributed by atoms with van der Waals surface area (Å²) in [5, 5.41) is 7.30. The quantitative estimate of drug-likeness (QED) is 0.857. The number of aromatic nitrogens is 2. The number of nitrogens with one attached hydrogen (secondary N) is 1. The molecule has 20 heavy (non-hydrogen) atoms. The number of aromatic amines is 1. The maximum Gasteiger partial charge on any atom is 0.153 e. The largest absolute Gasteiger partial charge is 0.382 e. The Morgan fingerprint density at radius 2 is 2.05 bits per heavy atom. The van der Waals surface area contributed by atoms with Gasteiger partial charge in [-0.05, 0) is 35.4 Å². The van der Waals surface area contributed by atoms with Gasteiger partial charge in [0.2, 0.25) is 0 Å². The topological polar surface area (TPSA) is 54.7 Å². The minimum absolute atomic E-state index is 0.258. The first-order chi connectivity index (χ1) is 9.29. The summed E-state index contributed by atoms with van der Waals surface area (Å²) in [5.41, 5.74) is 9.55. The Kier molecular flexibility index (Phi) is 4.23. The molecule has 3 N–H and O–H groups in total. The molecule has 0 spiro atoms. The van der Waals surface area contributed by atoms with Crippen molar-refractivity contribution in [2.75, 3.05) is 5.73 Å². The Bertz CT molecular complexity index is 596. The molecule has 1 heterocycles. The van der Waals surface area contributed by atoms with Crippen LogP contribution in [0, 0.1) is 11.3 Å². The van der Waals surface area contributed by atoms with Crippen LogP contribution in [0.2, 0.25) is 0 Å². The summed E-state index contributed by atoms with van der Waals surface area (Å²) in [6.07, 6.45) is 0.940. The van der Waals surface area contributed by atoms with E-state index in [4.69, 9.17) is 5.73 Å². The SMILES string of the molecule is CC(Cc1[nH]nc(N)c1-c1cccc(Br)c1)C(C)(C)C. The second-order valence-corrected chi connectivity index (χ2v) is 7.36. The summed E-state index contributed by atoms with van der Waals surface area (Å²) < 4.78 is 1.05. The van der Waals surface area contributed by atoms with Crippen molar-refractivity contribution in [3.8, 4) is 11.1 Å². The second-order valence-electron chi connectivity index (χ2n) is 6.44. The molecule has 2 aromatic rings. The molecular weight excluding hydrogens is 314 g/mol. The number of H-pyrrole nitrogens is 1. The number of hydrogen-bond donors (Lipinski definition) is 2. The fourth-order valence-electron chi connectivity index (χ4n) is 2.12. The van der Waals surface area contributed by atoms with E-state index in [2.05, 4.69) is 66.0 Å². The monoisotopic (exact) mass is 335 g/mol. The number of nitrogens with two attached hydrogens (primary N) is 1. The van der Waals surface area contributed by atoms with Crippen LogP contribution in [0.25, 0.3) is 11.1 Å². The predicted molar refractivity (Wildman–Crippen MR) is 88.5 cm³/mol. The van der Waals surface area contributed by atoms with E-state index in [1.165, 1.54) is 0 Å². The molecule has 1 aromatic heterocycles. The molecular formula is C16H22BrN3. The second kappa shape index (κ2) is 5.60. The third-order valence-electron chi connectivity index (χ3n) is 3.97. The van der Waals surface area contributed by atoms with Gasteiger partial charge in [-0.2, -0.15) is 5.10 Å². The number of anilines is 1. The van der Waals surface area contributed by atoms with Crippen molar-refractivity contribution in [1.29, 1.82) is 0 Å². The zero-order chi connectivity index (χ0) is 14.9. The third kappa shape index (κ3) is 3.23. The molecule has 0 aliphatic heterocycles. The first-order valence-corrected chi connectivity index (χ1v) is 7.67. The molecule has 108 valence electrons. The van der Waals surface area contributed by atoms with Crippen LogP contribution in [0.1, 0.15) is 33.4 Å². The van der Waals surface area contributed by atoms with E-state index in [0.717, 1.165) is 27.7 Å². The van der Waals surface area contributed by atoms with Crippen LogP contribution >= 0.6 is 15.9 Å². The van der Waals surface area contributed by atoms with Gasteiger partial charge in [0, 0.05) is 15.7 Å². The molecule has 1 aromatic carbocycles. The van der Waals surface area contributed by atoms with Gasteiger partial charge in [0.25, 0.3) is 0 Å². The summed E-state index contributed by atoms with van der Waals surface area (Å²) in [6, 6.07) is 8.17. The molecule has 4 heteroatoms. The van der Waals surface area contributed by atoms with Crippen LogP contribution < -0.4 is 5.73 Å². The van der Waals surface area contributed by atoms with Gasteiger partial charge in [-0.1, -0.05) is 55.8 Å². The molecule has 0 saturated carbocycles. The van der Waals surface area contributed by atoms with Crippen molar-refractivity contribution in [3.05, 3.63) is 34.4 Å². The van der Waals surface area contributed by atoms with Gasteiger partial charge in [0.1, 0.15) is 0 Å². The van der Waals surface area contributed by atoms with E-state index >= 15 is 0 Å². The summed E-state index contributed by atoms with van der Waals surface area (Å²) in [5.74, 6) is 1.10. The number of halogens is 1. The third-order valence-corrected chi connectivity index (χ3v) is 4.46. The van der Waals surface area contributed by atoms with E-state index in [-0.39, 0.29) is 5.41 Å². The Labute approximate surface area is 129 Å². The molecule has 1 atom stereocenters. The van der Waals surface area contributed by atoms with Crippen LogP contribution in [0.3, 0.4) is 0 Å². The highest BCUT2D eigenvalue weighted by atomic mass is 79.9. The molecule has 0 saturated heterocycles. The molecule has 0 aliphatic carbocycles. The van der Waals surface area contributed by atoms with Gasteiger partial charge in [-0.15, -0.1) is 0 Å². The standard InChI is InChI=1S/C16H22BrN3/c1-10(16(2,3)4)8-13-14(15(18)20-19-13)11-6-5-7-12(17)9-11/h5-7,9-10H,8H2,1-4H3,(H3,18,19,20). The number of benzene rings is 1. The fourth-order valence-corrected chi connectivity index (χ4v) is 2.52.